The molecule has 3 fully saturated rings. The fourth-order valence-electron chi connectivity index (χ4n) is 11.4. The van der Waals surface area contributed by atoms with Crippen molar-refractivity contribution in [2.24, 2.45) is 29.6 Å². The number of carboxylic acid groups (broad SMARTS) is 1. The van der Waals surface area contributed by atoms with Gasteiger partial charge in [-0.1, -0.05) is 58.5 Å². The van der Waals surface area contributed by atoms with Crippen molar-refractivity contribution in [3.8, 4) is 0 Å². The quantitative estimate of drug-likeness (QED) is 0.151. The van der Waals surface area contributed by atoms with Gasteiger partial charge in [0.1, 0.15) is 54.6 Å². The zero-order valence-electron chi connectivity index (χ0n) is 42.9. The smallest absolute Gasteiger partial charge is 0.335 e. The van der Waals surface area contributed by atoms with E-state index in [9.17, 15) is 39.5 Å². The van der Waals surface area contributed by atoms with E-state index in [1.54, 1.807) is 39.1 Å². The molecule has 1 aromatic heterocycles. The van der Waals surface area contributed by atoms with Crippen LogP contribution in [0.4, 0.5) is 4.39 Å². The maximum absolute atomic E-state index is 14.7. The number of hydrogen-bond acceptors (Lipinski definition) is 15. The van der Waals surface area contributed by atoms with Crippen LogP contribution in [0, 0.1) is 29.6 Å². The first kappa shape index (κ1) is 56.3. The molecule has 18 atom stereocenters. The minimum absolute atomic E-state index is 0.0159. The number of nitrogens with zero attached hydrogens (tertiary/aromatic N) is 5. The topological polar surface area (TPSA) is 219 Å². The molecular formula is C51H82FN5O12. The second kappa shape index (κ2) is 23.8. The molecule has 0 radical (unpaired) electrons. The van der Waals surface area contributed by atoms with Gasteiger partial charge >= 0.3 is 11.9 Å². The maximum Gasteiger partial charge on any atom is 0.335 e. The van der Waals surface area contributed by atoms with Crippen LogP contribution in [0.1, 0.15) is 128 Å². The largest absolute Gasteiger partial charge is 0.492 e. The van der Waals surface area contributed by atoms with Crippen molar-refractivity contribution in [1.29, 1.82) is 0 Å². The summed E-state index contributed by atoms with van der Waals surface area (Å²) in [7, 11) is 5.34. The van der Waals surface area contributed by atoms with E-state index >= 15 is 0 Å². The van der Waals surface area contributed by atoms with Crippen molar-refractivity contribution < 1.29 is 63.2 Å². The second-order valence-corrected chi connectivity index (χ2v) is 21.1. The predicted octanol–water partition coefficient (Wildman–Crippen LogP) is 5.36. The van der Waals surface area contributed by atoms with Crippen LogP contribution in [-0.2, 0) is 34.9 Å². The Morgan fingerprint density at radius 1 is 1.06 bits per heavy atom. The summed E-state index contributed by atoms with van der Waals surface area (Å²) in [5.74, 6) is -3.92. The molecule has 3 aliphatic rings. The minimum atomic E-state index is -1.79. The molecule has 3 aliphatic heterocycles. The molecule has 4 heterocycles. The minimum Gasteiger partial charge on any atom is -0.492 e. The Morgan fingerprint density at radius 3 is 2.32 bits per heavy atom. The van der Waals surface area contributed by atoms with E-state index in [0.29, 0.717) is 50.0 Å². The lowest BCUT2D eigenvalue weighted by molar-refractivity contribution is -0.268. The Balaban J connectivity index is 1.40. The number of aromatic carboxylic acids is 1. The van der Waals surface area contributed by atoms with E-state index in [4.69, 9.17) is 23.7 Å². The summed E-state index contributed by atoms with van der Waals surface area (Å²) in [5.41, 5.74) is -1.92. The van der Waals surface area contributed by atoms with Gasteiger partial charge in [0, 0.05) is 57.2 Å². The van der Waals surface area contributed by atoms with Crippen LogP contribution in [-0.4, -0.2) is 169 Å². The molecular weight excluding hydrogens is 894 g/mol. The summed E-state index contributed by atoms with van der Waals surface area (Å²) in [6.07, 6.45) is -2.24. The number of methoxy groups -OCH3 is 1. The van der Waals surface area contributed by atoms with Crippen LogP contribution >= 0.6 is 0 Å². The van der Waals surface area contributed by atoms with E-state index in [2.05, 4.69) is 21.8 Å². The Kier molecular flexibility index (Phi) is 19.4. The molecule has 3 saturated heterocycles. The van der Waals surface area contributed by atoms with Gasteiger partial charge < -0.3 is 59.0 Å². The summed E-state index contributed by atoms with van der Waals surface area (Å²) in [6.45, 7) is 20.7. The number of carbonyl (C=O) groups is 2. The molecule has 0 bridgehead atoms. The van der Waals surface area contributed by atoms with Gasteiger partial charge in [-0.25, -0.2) is 13.9 Å². The van der Waals surface area contributed by atoms with E-state index < -0.39 is 103 Å². The van der Waals surface area contributed by atoms with E-state index in [0.717, 1.165) is 0 Å². The fourth-order valence-corrected chi connectivity index (χ4v) is 11.4. The number of likely N-dealkylation sites (N-methyl/N-ethyl adjacent to an activating group) is 2. The molecule has 17 nitrogen and oxygen atoms in total. The lowest BCUT2D eigenvalue weighted by Gasteiger charge is -2.48. The lowest BCUT2D eigenvalue weighted by Crippen LogP contribution is -2.59. The number of hydrogen-bond donors (Lipinski definition) is 5. The Hall–Kier alpha value is -3.59. The van der Waals surface area contributed by atoms with Gasteiger partial charge in [-0.05, 0) is 103 Å². The van der Waals surface area contributed by atoms with Gasteiger partial charge in [-0.15, -0.1) is 5.10 Å². The normalized spacial score (nSPS) is 37.8. The van der Waals surface area contributed by atoms with Gasteiger partial charge in [-0.3, -0.25) is 4.79 Å². The van der Waals surface area contributed by atoms with Crippen molar-refractivity contribution in [2.75, 3.05) is 41.0 Å². The molecule has 18 heteroatoms. The molecule has 5 N–H and O–H groups in total. The molecule has 1 aromatic carbocycles. The highest BCUT2D eigenvalue weighted by Crippen LogP contribution is 2.44. The SMILES string of the molecule is C=C1O[C@@H](C2[C@@H](C)C(=O)O[C@H](CC)[C@@](C)(O)[C@H](O)[C@@H](C)N(C)C[C@H](C)C[C@@](C)(O)[C@H](O[C@H]3C[C@@H](N(C)CCc4cn([C@H](CF)[C@H](OC)c5ccc(C(=O)O)cc5)nn4)C[C@@H](C)O3)[C@H]2C)C[C@H](C)[C@H]1O. The fraction of sp³-hybridized carbons (Fsp3) is 0.765. The summed E-state index contributed by atoms with van der Waals surface area (Å²) >= 11 is 0. The molecule has 0 aliphatic carbocycles. The van der Waals surface area contributed by atoms with E-state index in [-0.39, 0.29) is 48.1 Å². The highest BCUT2D eigenvalue weighted by atomic mass is 19.1. The number of benzene rings is 1. The van der Waals surface area contributed by atoms with Crippen LogP contribution in [0.5, 0.6) is 0 Å². The van der Waals surface area contributed by atoms with Crippen LogP contribution in [0.25, 0.3) is 0 Å². The summed E-state index contributed by atoms with van der Waals surface area (Å²) in [6, 6.07) is 4.72. The van der Waals surface area contributed by atoms with Crippen LogP contribution < -0.4 is 0 Å². The predicted molar refractivity (Wildman–Crippen MR) is 256 cm³/mol. The summed E-state index contributed by atoms with van der Waals surface area (Å²) < 4.78 is 47.9. The zero-order valence-corrected chi connectivity index (χ0v) is 42.9. The highest BCUT2D eigenvalue weighted by Gasteiger charge is 2.52. The molecule has 0 saturated carbocycles. The number of halogens is 1. The van der Waals surface area contributed by atoms with Gasteiger partial charge in [0.15, 0.2) is 6.29 Å². The molecule has 2 aromatic rings. The van der Waals surface area contributed by atoms with E-state index in [1.807, 2.05) is 53.6 Å². The summed E-state index contributed by atoms with van der Waals surface area (Å²) in [5, 5.41) is 65.1. The lowest BCUT2D eigenvalue weighted by atomic mass is 9.69. The third-order valence-corrected chi connectivity index (χ3v) is 15.5. The number of aromatic nitrogens is 3. The second-order valence-electron chi connectivity index (χ2n) is 21.1. The van der Waals surface area contributed by atoms with Gasteiger partial charge in [0.25, 0.3) is 0 Å². The first-order valence-corrected chi connectivity index (χ1v) is 24.8. The number of ether oxygens (including phenoxy) is 5. The average Bonchev–Trinajstić information content (AvgIpc) is 3.77. The number of cyclic esters (lactones) is 1. The Morgan fingerprint density at radius 2 is 1.72 bits per heavy atom. The number of carboxylic acids is 1. The maximum atomic E-state index is 14.7. The van der Waals surface area contributed by atoms with E-state index in [1.165, 1.54) is 30.8 Å². The van der Waals surface area contributed by atoms with Crippen LogP contribution in [0.15, 0.2) is 42.8 Å². The van der Waals surface area contributed by atoms with Gasteiger partial charge in [-0.2, -0.15) is 0 Å². The summed E-state index contributed by atoms with van der Waals surface area (Å²) in [4.78, 5) is 30.0. The molecule has 0 amide bonds. The van der Waals surface area contributed by atoms with Gasteiger partial charge in [0.2, 0.25) is 0 Å². The number of carbonyl (C=O) groups excluding carboxylic acids is 1. The van der Waals surface area contributed by atoms with Crippen molar-refractivity contribution >= 4 is 11.9 Å². The molecule has 5 rings (SSSR count). The van der Waals surface area contributed by atoms with Gasteiger partial charge in [0.05, 0.1) is 35.0 Å². The zero-order chi connectivity index (χ0) is 51.3. The van der Waals surface area contributed by atoms with Crippen molar-refractivity contribution in [3.05, 3.63) is 59.6 Å². The third kappa shape index (κ3) is 13.3. The molecule has 69 heavy (non-hydrogen) atoms. The highest BCUT2D eigenvalue weighted by molar-refractivity contribution is 5.87. The number of esters is 1. The number of aliphatic hydroxyl groups excluding tert-OH is 2. The van der Waals surface area contributed by atoms with Crippen molar-refractivity contribution in [3.63, 3.8) is 0 Å². The molecule has 390 valence electrons. The average molecular weight is 976 g/mol. The Bertz CT molecular complexity index is 1990. The monoisotopic (exact) mass is 976 g/mol. The first-order valence-electron chi connectivity index (χ1n) is 24.8. The number of rotatable bonds is 14. The van der Waals surface area contributed by atoms with Crippen molar-refractivity contribution in [1.82, 2.24) is 24.8 Å². The number of aliphatic hydroxyl groups is 4. The molecule has 1 unspecified atom stereocenters. The third-order valence-electron chi connectivity index (χ3n) is 15.5. The standard InChI is InChI=1S/C51H82FN5O12/c1-14-41-51(10,64)46(59)33(7)56(12)26-28(2)24-50(9,63)47(31(5)43(32(6)49(62)68-41)40-21-29(3)44(58)34(8)67-40)69-42-23-38(22-30(4)66-42)55(11)20-19-37-27-57(54-53-37)39(25-52)45(65-13)35-15-17-36(18-16-35)48(60)61/h15-18,27-33,38-47,58-59,63-64H,8,14,19-26H2,1-7,9-13H3,(H,60,61)/t28-,29+,30-,31+,32-,33-,38+,39-,40-,41-,42+,43?,44-,45-,46-,47-,50-,51-/m1/s1. The molecule has 0 spiro atoms. The van der Waals surface area contributed by atoms with Crippen LogP contribution in [0.2, 0.25) is 0 Å². The Labute approximate surface area is 408 Å². The van der Waals surface area contributed by atoms with Crippen molar-refractivity contribution in [2.45, 2.75) is 179 Å². The first-order chi connectivity index (χ1) is 32.3. The van der Waals surface area contributed by atoms with Crippen LogP contribution in [0.3, 0.4) is 0 Å². The number of alkyl halides is 1.